The molecule has 7 heteroatoms. The number of hydrogen-bond acceptors (Lipinski definition) is 5. The smallest absolute Gasteiger partial charge is 0.394 e. The van der Waals surface area contributed by atoms with Crippen LogP contribution in [0.1, 0.15) is 6.42 Å². The number of imide groups is 1. The summed E-state index contributed by atoms with van der Waals surface area (Å²) < 4.78 is 5.24. The topological polar surface area (TPSA) is 87.1 Å². The Kier molecular flexibility index (Phi) is 3.24. The molecule has 2 N–H and O–H groups in total. The number of carbonyl (C=O) groups is 2. The Hall–Kier alpha value is -1.28. The Bertz CT molecular complexity index is 410. The van der Waals surface area contributed by atoms with Crippen LogP contribution in [0.5, 0.6) is 0 Å². The Morgan fingerprint density at radius 1 is 1.56 bits per heavy atom. The number of rotatable bonds is 2. The fraction of sp³-hybridized carbons (Fsp3) is 0.636. The third kappa shape index (κ3) is 1.85. The number of ether oxygens (including phenoxy) is 1. The minimum Gasteiger partial charge on any atom is -0.394 e. The predicted octanol–water partition coefficient (Wildman–Crippen LogP) is -0.993. The van der Waals surface area contributed by atoms with Crippen molar-refractivity contribution in [2.45, 2.75) is 24.9 Å². The predicted molar refractivity (Wildman–Crippen MR) is 59.9 cm³/mol. The zero-order valence-electron chi connectivity index (χ0n) is 10.3. The molecule has 18 heavy (non-hydrogen) atoms. The number of aliphatic hydroxyl groups is 2. The molecule has 0 aromatic heterocycles. The maximum absolute atomic E-state index is 12.1. The van der Waals surface area contributed by atoms with E-state index < -0.39 is 24.5 Å². The molecule has 2 aliphatic rings. The molecule has 7 nitrogen and oxygen atoms in total. The highest BCUT2D eigenvalue weighted by Crippen LogP contribution is 2.30. The van der Waals surface area contributed by atoms with Crippen molar-refractivity contribution < 1.29 is 29.0 Å². The average Bonchev–Trinajstić information content (AvgIpc) is 2.73. The first kappa shape index (κ1) is 13.2. The van der Waals surface area contributed by atoms with Crippen molar-refractivity contribution in [3.8, 4) is 0 Å². The van der Waals surface area contributed by atoms with E-state index in [9.17, 15) is 14.7 Å². The van der Waals surface area contributed by atoms with E-state index in [-0.39, 0.29) is 23.4 Å². The van der Waals surface area contributed by atoms with E-state index >= 15 is 0 Å². The van der Waals surface area contributed by atoms with Crippen LogP contribution in [0.25, 0.3) is 0 Å². The molecule has 0 radical (unpaired) electrons. The van der Waals surface area contributed by atoms with Crippen molar-refractivity contribution in [1.82, 2.24) is 4.90 Å². The minimum absolute atomic E-state index is 0.236. The maximum Gasteiger partial charge on any atom is 0.432 e. The summed E-state index contributed by atoms with van der Waals surface area (Å²) >= 11 is 0. The summed E-state index contributed by atoms with van der Waals surface area (Å²) in [7, 11) is 3.01. The minimum atomic E-state index is -0.806. The van der Waals surface area contributed by atoms with Crippen LogP contribution in [-0.2, 0) is 9.53 Å². The van der Waals surface area contributed by atoms with Gasteiger partial charge in [-0.3, -0.25) is 4.79 Å². The van der Waals surface area contributed by atoms with Gasteiger partial charge >= 0.3 is 6.03 Å². The molecule has 2 aliphatic heterocycles. The molecule has 1 unspecified atom stereocenters. The van der Waals surface area contributed by atoms with E-state index in [1.54, 1.807) is 7.05 Å². The fourth-order valence-corrected chi connectivity index (χ4v) is 2.25. The largest absolute Gasteiger partial charge is 0.432 e. The van der Waals surface area contributed by atoms with Crippen LogP contribution in [-0.4, -0.2) is 70.7 Å². The number of likely N-dealkylation sites (N-methyl/N-ethyl adjacent to an activating group) is 1. The van der Waals surface area contributed by atoms with E-state index in [1.807, 2.05) is 0 Å². The van der Waals surface area contributed by atoms with E-state index in [2.05, 4.69) is 0 Å². The molecule has 0 saturated carbocycles. The number of aliphatic hydroxyl groups excluding tert-OH is 2. The molecule has 2 heterocycles. The third-order valence-electron chi connectivity index (χ3n) is 3.54. The van der Waals surface area contributed by atoms with Crippen LogP contribution < -0.4 is 0 Å². The van der Waals surface area contributed by atoms with Gasteiger partial charge in [0.2, 0.25) is 6.23 Å². The summed E-state index contributed by atoms with van der Waals surface area (Å²) in [5.74, 6) is -0.382. The standard InChI is InChI=1S/C11H17N2O5/c1-12-9(16)3-4-13(2,11(12)17)10-5-7(15)8(6-14)18-10/h3-4,7-8,10,14-15H,5-6H2,1-2H3/q+1/t7-,8+,10+,13?/m0/s1. The molecule has 3 amide bonds. The normalized spacial score (nSPS) is 40.7. The van der Waals surface area contributed by atoms with Crippen LogP contribution in [0.4, 0.5) is 4.79 Å². The van der Waals surface area contributed by atoms with E-state index in [1.165, 1.54) is 19.3 Å². The van der Waals surface area contributed by atoms with Gasteiger partial charge in [0.05, 0.1) is 32.3 Å². The lowest BCUT2D eigenvalue weighted by Gasteiger charge is -2.36. The number of quaternary nitrogens is 1. The van der Waals surface area contributed by atoms with Gasteiger partial charge in [0.25, 0.3) is 5.91 Å². The van der Waals surface area contributed by atoms with Gasteiger partial charge in [-0.15, -0.1) is 0 Å². The summed E-state index contributed by atoms with van der Waals surface area (Å²) in [6, 6.07) is -0.418. The van der Waals surface area contributed by atoms with Gasteiger partial charge in [-0.25, -0.2) is 9.69 Å². The fourth-order valence-electron chi connectivity index (χ4n) is 2.25. The number of nitrogens with zero attached hydrogens (tertiary/aromatic N) is 2. The third-order valence-corrected chi connectivity index (χ3v) is 3.54. The second-order valence-corrected chi connectivity index (χ2v) is 4.76. The SMILES string of the molecule is CN1C(=O)C=C[N+](C)([C@H]2C[C@H](O)[C@@H](CO)O2)C1=O. The molecule has 0 aromatic rings. The van der Waals surface area contributed by atoms with Crippen LogP contribution in [0, 0.1) is 0 Å². The second-order valence-electron chi connectivity index (χ2n) is 4.76. The van der Waals surface area contributed by atoms with Crippen molar-refractivity contribution in [2.75, 3.05) is 20.7 Å². The number of carbonyl (C=O) groups excluding carboxylic acids is 2. The monoisotopic (exact) mass is 257 g/mol. The van der Waals surface area contributed by atoms with Crippen molar-refractivity contribution in [3.63, 3.8) is 0 Å². The molecular weight excluding hydrogens is 240 g/mol. The lowest BCUT2D eigenvalue weighted by atomic mass is 10.1. The summed E-state index contributed by atoms with van der Waals surface area (Å²) in [6.07, 6.45) is 0.912. The van der Waals surface area contributed by atoms with Crippen LogP contribution in [0.3, 0.4) is 0 Å². The number of hydrogen-bond donors (Lipinski definition) is 2. The Labute approximate surface area is 104 Å². The average molecular weight is 257 g/mol. The molecule has 4 atom stereocenters. The van der Waals surface area contributed by atoms with Gasteiger partial charge in [-0.2, -0.15) is 4.48 Å². The Morgan fingerprint density at radius 3 is 2.78 bits per heavy atom. The highest BCUT2D eigenvalue weighted by atomic mass is 16.5. The van der Waals surface area contributed by atoms with Gasteiger partial charge in [-0.1, -0.05) is 0 Å². The summed E-state index contributed by atoms with van der Waals surface area (Å²) in [5.41, 5.74) is 0. The first-order valence-corrected chi connectivity index (χ1v) is 5.72. The van der Waals surface area contributed by atoms with Crippen LogP contribution in [0.15, 0.2) is 12.3 Å². The quantitative estimate of drug-likeness (QED) is 0.620. The Morgan fingerprint density at radius 2 is 2.22 bits per heavy atom. The van der Waals surface area contributed by atoms with Crippen LogP contribution in [0.2, 0.25) is 0 Å². The number of amides is 3. The molecule has 100 valence electrons. The zero-order chi connectivity index (χ0) is 13.5. The summed E-state index contributed by atoms with van der Waals surface area (Å²) in [6.45, 7) is -0.301. The Balaban J connectivity index is 2.25. The lowest BCUT2D eigenvalue weighted by Crippen LogP contribution is -2.60. The van der Waals surface area contributed by atoms with Crippen LogP contribution >= 0.6 is 0 Å². The summed E-state index contributed by atoms with van der Waals surface area (Å²) in [4.78, 5) is 24.5. The van der Waals surface area contributed by atoms with Crippen molar-refractivity contribution in [2.24, 2.45) is 0 Å². The molecular formula is C11H17N2O5+. The van der Waals surface area contributed by atoms with Gasteiger partial charge < -0.3 is 14.9 Å². The van der Waals surface area contributed by atoms with Gasteiger partial charge in [-0.05, 0) is 0 Å². The lowest BCUT2D eigenvalue weighted by molar-refractivity contribution is -0.835. The van der Waals surface area contributed by atoms with E-state index in [4.69, 9.17) is 9.84 Å². The van der Waals surface area contributed by atoms with E-state index in [0.29, 0.717) is 0 Å². The molecule has 1 fully saturated rings. The molecule has 0 aliphatic carbocycles. The van der Waals surface area contributed by atoms with E-state index in [0.717, 1.165) is 4.90 Å². The van der Waals surface area contributed by atoms with Gasteiger partial charge in [0.15, 0.2) is 0 Å². The molecule has 0 bridgehead atoms. The highest BCUT2D eigenvalue weighted by Gasteiger charge is 2.51. The van der Waals surface area contributed by atoms with Crippen molar-refractivity contribution in [1.29, 1.82) is 0 Å². The van der Waals surface area contributed by atoms with Crippen molar-refractivity contribution in [3.05, 3.63) is 12.3 Å². The van der Waals surface area contributed by atoms with Gasteiger partial charge in [0.1, 0.15) is 12.3 Å². The first-order valence-electron chi connectivity index (χ1n) is 5.72. The first-order chi connectivity index (χ1) is 8.40. The highest BCUT2D eigenvalue weighted by molar-refractivity contribution is 5.99. The van der Waals surface area contributed by atoms with Crippen molar-refractivity contribution >= 4 is 11.9 Å². The molecule has 0 aromatic carbocycles. The number of urea groups is 1. The zero-order valence-corrected chi connectivity index (χ0v) is 10.3. The molecule has 1 saturated heterocycles. The summed E-state index contributed by atoms with van der Waals surface area (Å²) in [5, 5.41) is 18.7. The second kappa shape index (κ2) is 4.43. The maximum atomic E-state index is 12.1. The molecule has 0 spiro atoms. The molecule has 2 rings (SSSR count). The van der Waals surface area contributed by atoms with Gasteiger partial charge in [0, 0.05) is 7.05 Å².